The average molecular weight is 305 g/mol. The highest BCUT2D eigenvalue weighted by Crippen LogP contribution is 2.31. The van der Waals surface area contributed by atoms with E-state index in [-0.39, 0.29) is 5.41 Å². The summed E-state index contributed by atoms with van der Waals surface area (Å²) in [6, 6.07) is 10.3. The molecule has 1 aromatic heterocycles. The van der Waals surface area contributed by atoms with E-state index in [1.807, 2.05) is 6.07 Å². The topological polar surface area (TPSA) is 25.0 Å². The Hall–Kier alpha value is -2.22. The van der Waals surface area contributed by atoms with Gasteiger partial charge in [-0.25, -0.2) is 0 Å². The van der Waals surface area contributed by atoms with Crippen molar-refractivity contribution in [3.8, 4) is 0 Å². The summed E-state index contributed by atoms with van der Waals surface area (Å²) in [7, 11) is 0. The van der Waals surface area contributed by atoms with E-state index >= 15 is 0 Å². The number of H-pyrrole nitrogens is 1. The summed E-state index contributed by atoms with van der Waals surface area (Å²) in [5.74, 6) is 0.966. The minimum absolute atomic E-state index is 0.240. The third kappa shape index (κ3) is 2.52. The molecule has 1 aromatic carbocycles. The van der Waals surface area contributed by atoms with Crippen LogP contribution in [0, 0.1) is 0 Å². The first-order valence-corrected chi connectivity index (χ1v) is 8.44. The second-order valence-electron chi connectivity index (χ2n) is 7.14. The molecule has 0 spiro atoms. The minimum Gasteiger partial charge on any atom is -0.487 e. The number of allylic oxidation sites excluding steroid dienone is 1. The summed E-state index contributed by atoms with van der Waals surface area (Å²) in [6.07, 6.45) is 10.0. The fraction of sp³-hybridized carbons (Fsp3) is 0.333. The molecule has 2 aliphatic rings. The molecule has 2 aliphatic carbocycles. The zero-order valence-electron chi connectivity index (χ0n) is 13.9. The average Bonchev–Trinajstić information content (AvgIpc) is 2.94. The molecule has 2 heteroatoms. The largest absolute Gasteiger partial charge is 0.487 e. The third-order valence-electron chi connectivity index (χ3n) is 5.00. The molecule has 23 heavy (non-hydrogen) atoms. The first-order chi connectivity index (χ1) is 11.1. The van der Waals surface area contributed by atoms with Crippen molar-refractivity contribution >= 4 is 11.8 Å². The van der Waals surface area contributed by atoms with Crippen LogP contribution in [-0.4, -0.2) is 4.98 Å². The van der Waals surface area contributed by atoms with Gasteiger partial charge >= 0.3 is 0 Å². The number of nitrogens with one attached hydrogen (secondary N) is 1. The third-order valence-corrected chi connectivity index (χ3v) is 5.00. The number of hydrogen-bond acceptors (Lipinski definition) is 1. The SMILES string of the molecule is CC1(C)CCC=c2[nH]c3c(c21)CC=CC=3OCc1ccccc1. The molecule has 0 amide bonds. The molecule has 118 valence electrons. The van der Waals surface area contributed by atoms with Crippen LogP contribution in [0.2, 0.25) is 0 Å². The van der Waals surface area contributed by atoms with E-state index in [2.05, 4.69) is 61.3 Å². The van der Waals surface area contributed by atoms with Crippen LogP contribution in [0.3, 0.4) is 0 Å². The zero-order valence-corrected chi connectivity index (χ0v) is 13.9. The summed E-state index contributed by atoms with van der Waals surface area (Å²) in [5, 5.41) is 2.48. The standard InChI is InChI=1S/C21H23NO/c1-21(2)13-7-11-17-19(21)16-10-6-12-18(20(16)22-17)23-14-15-8-4-3-5-9-15/h3-6,8-9,11-12,22H,7,10,13-14H2,1-2H3. The van der Waals surface area contributed by atoms with Crippen LogP contribution >= 0.6 is 0 Å². The highest BCUT2D eigenvalue weighted by atomic mass is 16.5. The fourth-order valence-electron chi connectivity index (χ4n) is 3.83. The highest BCUT2D eigenvalue weighted by Gasteiger charge is 2.29. The van der Waals surface area contributed by atoms with Gasteiger partial charge in [-0.05, 0) is 47.4 Å². The van der Waals surface area contributed by atoms with Crippen molar-refractivity contribution in [1.82, 2.24) is 4.98 Å². The second kappa shape index (κ2) is 5.45. The van der Waals surface area contributed by atoms with E-state index in [9.17, 15) is 0 Å². The van der Waals surface area contributed by atoms with E-state index < -0.39 is 0 Å². The van der Waals surface area contributed by atoms with Gasteiger partial charge < -0.3 is 9.72 Å². The summed E-state index contributed by atoms with van der Waals surface area (Å²) in [6.45, 7) is 5.32. The lowest BCUT2D eigenvalue weighted by molar-refractivity contribution is 0.263. The van der Waals surface area contributed by atoms with Crippen molar-refractivity contribution in [2.24, 2.45) is 0 Å². The number of hydrogen-bond donors (Lipinski definition) is 1. The Kier molecular flexibility index (Phi) is 3.41. The van der Waals surface area contributed by atoms with Gasteiger partial charge in [-0.3, -0.25) is 0 Å². The first-order valence-electron chi connectivity index (χ1n) is 8.44. The Morgan fingerprint density at radius 2 is 2.00 bits per heavy atom. The molecule has 2 nitrogen and oxygen atoms in total. The maximum Gasteiger partial charge on any atom is 0.143 e. The number of benzene rings is 1. The molecule has 4 rings (SSSR count). The Bertz CT molecular complexity index is 869. The highest BCUT2D eigenvalue weighted by molar-refractivity contribution is 5.56. The number of aromatic nitrogens is 1. The Morgan fingerprint density at radius 1 is 1.17 bits per heavy atom. The molecule has 0 fully saturated rings. The maximum atomic E-state index is 6.13. The number of rotatable bonds is 3. The maximum absolute atomic E-state index is 6.13. The molecule has 0 aliphatic heterocycles. The fourth-order valence-corrected chi connectivity index (χ4v) is 3.83. The number of ether oxygens (including phenoxy) is 1. The van der Waals surface area contributed by atoms with Crippen LogP contribution in [0.25, 0.3) is 11.8 Å². The van der Waals surface area contributed by atoms with Crippen molar-refractivity contribution in [2.75, 3.05) is 0 Å². The lowest BCUT2D eigenvalue weighted by Crippen LogP contribution is -2.29. The molecule has 0 unspecified atom stereocenters. The van der Waals surface area contributed by atoms with Gasteiger partial charge in [0.05, 0.1) is 5.35 Å². The van der Waals surface area contributed by atoms with E-state index in [0.717, 1.165) is 18.6 Å². The molecule has 0 bridgehead atoms. The summed E-state index contributed by atoms with van der Waals surface area (Å²) < 4.78 is 6.13. The van der Waals surface area contributed by atoms with Gasteiger partial charge in [-0.15, -0.1) is 0 Å². The monoisotopic (exact) mass is 305 g/mol. The van der Waals surface area contributed by atoms with Crippen LogP contribution < -0.4 is 10.7 Å². The smallest absolute Gasteiger partial charge is 0.143 e. The molecular formula is C21H23NO. The van der Waals surface area contributed by atoms with Gasteiger partial charge in [0.2, 0.25) is 0 Å². The van der Waals surface area contributed by atoms with Gasteiger partial charge in [-0.1, -0.05) is 56.3 Å². The Labute approximate surface area is 137 Å². The molecule has 0 atom stereocenters. The van der Waals surface area contributed by atoms with Crippen molar-refractivity contribution in [3.63, 3.8) is 0 Å². The zero-order chi connectivity index (χ0) is 15.9. The summed E-state index contributed by atoms with van der Waals surface area (Å²) in [5.41, 5.74) is 4.35. The molecular weight excluding hydrogens is 282 g/mol. The molecule has 1 N–H and O–H groups in total. The lowest BCUT2D eigenvalue weighted by atomic mass is 9.76. The van der Waals surface area contributed by atoms with Crippen molar-refractivity contribution in [2.45, 2.75) is 45.1 Å². The number of aromatic amines is 1. The van der Waals surface area contributed by atoms with E-state index in [1.165, 1.54) is 33.8 Å². The molecule has 1 heterocycles. The predicted molar refractivity (Wildman–Crippen MR) is 94.3 cm³/mol. The van der Waals surface area contributed by atoms with E-state index in [1.54, 1.807) is 0 Å². The van der Waals surface area contributed by atoms with Crippen molar-refractivity contribution in [3.05, 3.63) is 69.9 Å². The van der Waals surface area contributed by atoms with Crippen LogP contribution in [0.5, 0.6) is 0 Å². The Balaban J connectivity index is 1.76. The lowest BCUT2D eigenvalue weighted by Gasteiger charge is -2.28. The van der Waals surface area contributed by atoms with Crippen molar-refractivity contribution < 1.29 is 4.74 Å². The van der Waals surface area contributed by atoms with Gasteiger partial charge in [-0.2, -0.15) is 0 Å². The molecule has 0 saturated carbocycles. The second-order valence-corrected chi connectivity index (χ2v) is 7.14. The van der Waals surface area contributed by atoms with Gasteiger partial charge in [0.25, 0.3) is 0 Å². The van der Waals surface area contributed by atoms with Gasteiger partial charge in [0.15, 0.2) is 0 Å². The van der Waals surface area contributed by atoms with E-state index in [0.29, 0.717) is 6.61 Å². The van der Waals surface area contributed by atoms with Crippen LogP contribution in [0.15, 0.2) is 42.5 Å². The van der Waals surface area contributed by atoms with Crippen LogP contribution in [-0.2, 0) is 23.2 Å². The van der Waals surface area contributed by atoms with Gasteiger partial charge in [0.1, 0.15) is 12.4 Å². The van der Waals surface area contributed by atoms with Crippen molar-refractivity contribution in [1.29, 1.82) is 0 Å². The van der Waals surface area contributed by atoms with E-state index in [4.69, 9.17) is 4.74 Å². The molecule has 2 aromatic rings. The first kappa shape index (κ1) is 14.4. The minimum atomic E-state index is 0.240. The normalized spacial score (nSPS) is 18.1. The van der Waals surface area contributed by atoms with Crippen LogP contribution in [0.1, 0.15) is 43.4 Å². The molecule has 0 radical (unpaired) electrons. The summed E-state index contributed by atoms with van der Waals surface area (Å²) >= 11 is 0. The van der Waals surface area contributed by atoms with Gasteiger partial charge in [0, 0.05) is 5.35 Å². The summed E-state index contributed by atoms with van der Waals surface area (Å²) in [4.78, 5) is 3.63. The van der Waals surface area contributed by atoms with Crippen LogP contribution in [0.4, 0.5) is 0 Å². The Morgan fingerprint density at radius 3 is 2.83 bits per heavy atom. The number of fused-ring (bicyclic) bond motifs is 3. The quantitative estimate of drug-likeness (QED) is 0.924. The predicted octanol–water partition coefficient (Wildman–Crippen LogP) is 3.30. The molecule has 0 saturated heterocycles.